The lowest BCUT2D eigenvalue weighted by molar-refractivity contribution is -0.136. The molecule has 2 unspecified atom stereocenters. The van der Waals surface area contributed by atoms with Crippen molar-refractivity contribution in [3.63, 3.8) is 0 Å². The zero-order valence-corrected chi connectivity index (χ0v) is 26.8. The third kappa shape index (κ3) is 6.86. The third-order valence-corrected chi connectivity index (χ3v) is 9.41. The molecule has 3 atom stereocenters. The van der Waals surface area contributed by atoms with Crippen LogP contribution >= 0.6 is 0 Å². The number of ether oxygens (including phenoxy) is 2. The Morgan fingerprint density at radius 2 is 1.49 bits per heavy atom. The molecule has 0 bridgehead atoms. The molecular formula is C41H34N2O6. The van der Waals surface area contributed by atoms with Gasteiger partial charge in [0.25, 0.3) is 5.91 Å². The normalized spacial score (nSPS) is 19.4. The molecule has 49 heavy (non-hydrogen) atoms. The number of rotatable bonds is 7. The van der Waals surface area contributed by atoms with Crippen molar-refractivity contribution in [3.05, 3.63) is 124 Å². The van der Waals surface area contributed by atoms with Crippen LogP contribution in [0.2, 0.25) is 0 Å². The first-order valence-corrected chi connectivity index (χ1v) is 16.4. The third-order valence-electron chi connectivity index (χ3n) is 9.41. The molecule has 2 N–H and O–H groups in total. The van der Waals surface area contributed by atoms with Gasteiger partial charge in [-0.2, -0.15) is 0 Å². The summed E-state index contributed by atoms with van der Waals surface area (Å²) in [7, 11) is 0. The molecule has 0 spiro atoms. The fourth-order valence-corrected chi connectivity index (χ4v) is 7.09. The first-order chi connectivity index (χ1) is 23.9. The number of hydrogen-bond donors (Lipinski definition) is 2. The van der Waals surface area contributed by atoms with E-state index in [0.717, 1.165) is 24.2 Å². The van der Waals surface area contributed by atoms with Gasteiger partial charge in [0.2, 0.25) is 11.8 Å². The number of nitrogens with one attached hydrogen (secondary N) is 1. The Kier molecular flexibility index (Phi) is 9.04. The summed E-state index contributed by atoms with van der Waals surface area (Å²) in [5, 5.41) is 12.4. The minimum atomic E-state index is -0.654. The van der Waals surface area contributed by atoms with Gasteiger partial charge in [-0.05, 0) is 119 Å². The fraction of sp³-hybridized carbons (Fsp3) is 0.244. The van der Waals surface area contributed by atoms with Crippen LogP contribution in [0.1, 0.15) is 69.3 Å². The van der Waals surface area contributed by atoms with Crippen molar-refractivity contribution >= 4 is 17.7 Å². The molecule has 0 radical (unpaired) electrons. The minimum absolute atomic E-state index is 0.120. The summed E-state index contributed by atoms with van der Waals surface area (Å²) in [5.41, 5.74) is 6.26. The highest BCUT2D eigenvalue weighted by molar-refractivity contribution is 6.05. The molecule has 7 rings (SSSR count). The minimum Gasteiger partial charge on any atom is -0.508 e. The Hall–Kier alpha value is -5.99. The van der Waals surface area contributed by atoms with E-state index in [1.807, 2.05) is 24.3 Å². The maximum Gasteiger partial charge on any atom is 0.255 e. The van der Waals surface area contributed by atoms with E-state index in [4.69, 9.17) is 9.47 Å². The molecule has 1 saturated heterocycles. The second-order valence-corrected chi connectivity index (χ2v) is 12.4. The summed E-state index contributed by atoms with van der Waals surface area (Å²) in [5.74, 6) is 12.5. The molecule has 8 heteroatoms. The predicted octanol–water partition coefficient (Wildman–Crippen LogP) is 5.48. The summed E-state index contributed by atoms with van der Waals surface area (Å²) in [4.78, 5) is 38.1. The van der Waals surface area contributed by atoms with Gasteiger partial charge < -0.3 is 19.5 Å². The molecule has 1 aliphatic carbocycles. The van der Waals surface area contributed by atoms with E-state index < -0.39 is 11.9 Å². The van der Waals surface area contributed by atoms with E-state index in [0.29, 0.717) is 29.4 Å². The van der Waals surface area contributed by atoms with Gasteiger partial charge in [0.1, 0.15) is 36.5 Å². The van der Waals surface area contributed by atoms with Crippen LogP contribution in [0, 0.1) is 23.7 Å². The molecule has 8 nitrogen and oxygen atoms in total. The summed E-state index contributed by atoms with van der Waals surface area (Å²) < 4.78 is 11.6. The van der Waals surface area contributed by atoms with E-state index in [1.165, 1.54) is 27.2 Å². The van der Waals surface area contributed by atoms with Gasteiger partial charge in [-0.25, -0.2) is 0 Å². The van der Waals surface area contributed by atoms with Crippen molar-refractivity contribution in [1.29, 1.82) is 0 Å². The van der Waals surface area contributed by atoms with Crippen molar-refractivity contribution in [2.24, 2.45) is 0 Å². The summed E-state index contributed by atoms with van der Waals surface area (Å²) >= 11 is 0. The van der Waals surface area contributed by atoms with Crippen molar-refractivity contribution in [1.82, 2.24) is 10.2 Å². The number of aryl methyl sites for hydroxylation is 1. The molecule has 1 fully saturated rings. The maximum atomic E-state index is 12.9. The van der Waals surface area contributed by atoms with Gasteiger partial charge in [0.15, 0.2) is 0 Å². The Balaban J connectivity index is 0.918. The molecule has 2 heterocycles. The van der Waals surface area contributed by atoms with E-state index in [-0.39, 0.29) is 43.9 Å². The number of carbonyl (C=O) groups excluding carboxylic acids is 3. The number of benzene rings is 4. The highest BCUT2D eigenvalue weighted by Gasteiger charge is 2.39. The monoisotopic (exact) mass is 650 g/mol. The summed E-state index contributed by atoms with van der Waals surface area (Å²) in [6, 6.07) is 29.1. The van der Waals surface area contributed by atoms with Crippen molar-refractivity contribution in [2.45, 2.75) is 50.1 Å². The average Bonchev–Trinajstić information content (AvgIpc) is 3.44. The number of piperidine rings is 1. The van der Waals surface area contributed by atoms with Crippen LogP contribution in [0.3, 0.4) is 0 Å². The fourth-order valence-electron chi connectivity index (χ4n) is 7.09. The van der Waals surface area contributed by atoms with Crippen LogP contribution in [0.4, 0.5) is 0 Å². The molecule has 4 aromatic carbocycles. The molecule has 3 amide bonds. The Morgan fingerprint density at radius 3 is 2.24 bits per heavy atom. The van der Waals surface area contributed by atoms with Crippen LogP contribution in [-0.2, 0) is 22.6 Å². The molecule has 2 aliphatic heterocycles. The second kappa shape index (κ2) is 14.0. The molecule has 0 aromatic heterocycles. The van der Waals surface area contributed by atoms with Gasteiger partial charge >= 0.3 is 0 Å². The lowest BCUT2D eigenvalue weighted by Crippen LogP contribution is -2.52. The van der Waals surface area contributed by atoms with Crippen LogP contribution in [-0.4, -0.2) is 47.0 Å². The number of hydrogen-bond acceptors (Lipinski definition) is 6. The summed E-state index contributed by atoms with van der Waals surface area (Å²) in [6.45, 7) is 0.593. The number of fused-ring (bicyclic) bond motifs is 2. The van der Waals surface area contributed by atoms with Gasteiger partial charge in [0, 0.05) is 24.4 Å². The van der Waals surface area contributed by atoms with Gasteiger partial charge in [-0.1, -0.05) is 48.5 Å². The second-order valence-electron chi connectivity index (χ2n) is 12.4. The summed E-state index contributed by atoms with van der Waals surface area (Å²) in [6.07, 6.45) is 2.47. The smallest absolute Gasteiger partial charge is 0.255 e. The Labute approximate surface area is 285 Å². The number of aromatic hydroxyl groups is 1. The van der Waals surface area contributed by atoms with Crippen LogP contribution in [0.25, 0.3) is 0 Å². The first kappa shape index (κ1) is 31.6. The van der Waals surface area contributed by atoms with Gasteiger partial charge in [-0.15, -0.1) is 0 Å². The van der Waals surface area contributed by atoms with E-state index in [2.05, 4.69) is 71.5 Å². The highest BCUT2D eigenvalue weighted by Crippen LogP contribution is 2.47. The van der Waals surface area contributed by atoms with Gasteiger partial charge in [0.05, 0.1) is 0 Å². The number of phenols is 1. The highest BCUT2D eigenvalue weighted by atomic mass is 16.5. The Morgan fingerprint density at radius 1 is 0.755 bits per heavy atom. The predicted molar refractivity (Wildman–Crippen MR) is 183 cm³/mol. The number of imide groups is 1. The number of amides is 3. The topological polar surface area (TPSA) is 105 Å². The zero-order valence-electron chi connectivity index (χ0n) is 26.8. The van der Waals surface area contributed by atoms with Crippen molar-refractivity contribution < 1.29 is 29.0 Å². The lowest BCUT2D eigenvalue weighted by Gasteiger charge is -2.34. The SMILES string of the molecule is O=C1CC[C@H](N2Cc3cc(OCC#CC#CCOc4ccc(C5c6ccc(O)cc6CCC5c5ccccc5)cc4)ccc3C2=O)C(=O)N1. The van der Waals surface area contributed by atoms with Crippen molar-refractivity contribution in [2.75, 3.05) is 13.2 Å². The zero-order chi connectivity index (χ0) is 33.7. The van der Waals surface area contributed by atoms with E-state index >= 15 is 0 Å². The van der Waals surface area contributed by atoms with Crippen LogP contribution < -0.4 is 14.8 Å². The Bertz CT molecular complexity index is 2030. The average molecular weight is 651 g/mol. The number of nitrogens with zero attached hydrogens (tertiary/aromatic N) is 1. The quantitative estimate of drug-likeness (QED) is 0.203. The largest absolute Gasteiger partial charge is 0.508 e. The van der Waals surface area contributed by atoms with E-state index in [9.17, 15) is 19.5 Å². The maximum absolute atomic E-state index is 12.9. The number of phenolic OH excluding ortho intramolecular Hbond substituents is 1. The molecular weight excluding hydrogens is 616 g/mol. The molecule has 244 valence electrons. The van der Waals surface area contributed by atoms with Crippen LogP contribution in [0.15, 0.2) is 91.0 Å². The van der Waals surface area contributed by atoms with Crippen molar-refractivity contribution in [3.8, 4) is 40.9 Å². The number of carbonyl (C=O) groups is 3. The van der Waals surface area contributed by atoms with E-state index in [1.54, 1.807) is 24.3 Å². The first-order valence-electron chi connectivity index (χ1n) is 16.4. The van der Waals surface area contributed by atoms with Crippen LogP contribution in [0.5, 0.6) is 17.2 Å². The molecule has 0 saturated carbocycles. The van der Waals surface area contributed by atoms with Gasteiger partial charge in [-0.3, -0.25) is 19.7 Å². The lowest BCUT2D eigenvalue weighted by atomic mass is 9.69. The molecule has 4 aromatic rings. The standard InChI is InChI=1S/C41H34N2O6/c44-31-13-18-35-29(24-31)12-17-34(27-8-4-3-5-9-27)39(35)28-10-14-32(15-11-28)48-22-6-1-2-7-23-49-33-16-19-36-30(25-33)26-43(41(36)47)37-20-21-38(45)42-40(37)46/h3-5,8-11,13-16,18-19,24-25,34,37,39,44H,12,17,20-23,26H2,(H,42,45,46)/t34?,37-,39?/m0/s1. The molecule has 3 aliphatic rings.